The number of nitrogens with one attached hydrogen (secondary N) is 1. The van der Waals surface area contributed by atoms with E-state index >= 15 is 0 Å². The minimum atomic E-state index is -2.95. The molecular formula is C26H25F2N9O3S. The van der Waals surface area contributed by atoms with E-state index in [1.165, 1.54) is 17.5 Å². The number of hydrogen-bond acceptors (Lipinski definition) is 10. The SMILES string of the molecule is NC(=O)Cc1ccc2oc(C3(C(=O)N4CCNCC4C(c4ccsc4)c4nnn(C(F)F)n4)C=CN=CC3)nc2c1. The van der Waals surface area contributed by atoms with Crippen LogP contribution in [0.15, 0.2) is 56.7 Å². The number of tetrazole rings is 1. The molecule has 3 N–H and O–H groups in total. The number of fused-ring (bicyclic) bond motifs is 1. The van der Waals surface area contributed by atoms with Gasteiger partial charge in [-0.15, -0.1) is 10.2 Å². The summed E-state index contributed by atoms with van der Waals surface area (Å²) < 4.78 is 32.8. The first-order valence-corrected chi connectivity index (χ1v) is 13.8. The second kappa shape index (κ2) is 10.9. The van der Waals surface area contributed by atoms with Crippen LogP contribution in [-0.4, -0.2) is 73.8 Å². The lowest BCUT2D eigenvalue weighted by Gasteiger charge is -2.43. The van der Waals surface area contributed by atoms with Crippen LogP contribution in [0.3, 0.4) is 0 Å². The van der Waals surface area contributed by atoms with Crippen LogP contribution in [0, 0.1) is 0 Å². The van der Waals surface area contributed by atoms with Crippen LogP contribution < -0.4 is 11.1 Å². The molecule has 5 heterocycles. The number of primary amides is 1. The third-order valence-electron chi connectivity index (χ3n) is 7.29. The van der Waals surface area contributed by atoms with Gasteiger partial charge in [-0.3, -0.25) is 14.6 Å². The van der Waals surface area contributed by atoms with Crippen LogP contribution in [0.25, 0.3) is 11.1 Å². The van der Waals surface area contributed by atoms with Crippen molar-refractivity contribution in [3.63, 3.8) is 0 Å². The highest BCUT2D eigenvalue weighted by Gasteiger charge is 2.49. The number of piperazine rings is 1. The summed E-state index contributed by atoms with van der Waals surface area (Å²) in [6, 6.07) is 6.47. The number of nitrogens with zero attached hydrogens (tertiary/aromatic N) is 7. The highest BCUT2D eigenvalue weighted by Crippen LogP contribution is 2.38. The monoisotopic (exact) mass is 581 g/mol. The van der Waals surface area contributed by atoms with Crippen molar-refractivity contribution in [3.8, 4) is 0 Å². The molecule has 0 aliphatic carbocycles. The van der Waals surface area contributed by atoms with Gasteiger partial charge in [0, 0.05) is 38.5 Å². The molecule has 3 unspecified atom stereocenters. The fourth-order valence-electron chi connectivity index (χ4n) is 5.35. The van der Waals surface area contributed by atoms with Gasteiger partial charge in [-0.25, -0.2) is 4.98 Å². The Kier molecular flexibility index (Phi) is 7.13. The Morgan fingerprint density at radius 3 is 2.88 bits per heavy atom. The number of rotatable bonds is 8. The minimum absolute atomic E-state index is 0.0470. The maximum absolute atomic E-state index is 14.6. The maximum Gasteiger partial charge on any atom is 0.350 e. The number of hydrogen-bond donors (Lipinski definition) is 2. The largest absolute Gasteiger partial charge is 0.439 e. The lowest BCUT2D eigenvalue weighted by atomic mass is 9.80. The number of oxazole rings is 1. The molecule has 4 aromatic rings. The molecule has 0 spiro atoms. The van der Waals surface area contributed by atoms with Crippen LogP contribution in [0.5, 0.6) is 0 Å². The summed E-state index contributed by atoms with van der Waals surface area (Å²) in [4.78, 5) is 36.9. The molecule has 2 amide bonds. The van der Waals surface area contributed by atoms with Gasteiger partial charge in [0.15, 0.2) is 11.4 Å². The van der Waals surface area contributed by atoms with Crippen LogP contribution >= 0.6 is 11.3 Å². The maximum atomic E-state index is 14.6. The van der Waals surface area contributed by atoms with E-state index in [9.17, 15) is 18.4 Å². The molecular weight excluding hydrogens is 556 g/mol. The van der Waals surface area contributed by atoms with Gasteiger partial charge in [0.05, 0.1) is 18.4 Å². The Labute approximate surface area is 235 Å². The van der Waals surface area contributed by atoms with Gasteiger partial charge in [0.1, 0.15) is 10.9 Å². The van der Waals surface area contributed by atoms with Crippen molar-refractivity contribution in [1.29, 1.82) is 0 Å². The summed E-state index contributed by atoms with van der Waals surface area (Å²) in [5.74, 6) is -1.10. The molecule has 1 fully saturated rings. The number of aliphatic imine (C=N–C) groups is 1. The summed E-state index contributed by atoms with van der Waals surface area (Å²) in [5.41, 5.74) is 6.45. The zero-order chi connectivity index (χ0) is 28.6. The van der Waals surface area contributed by atoms with E-state index in [0.717, 1.165) is 5.56 Å². The number of nitrogens with two attached hydrogens (primary N) is 1. The van der Waals surface area contributed by atoms with Crippen molar-refractivity contribution < 1.29 is 22.8 Å². The molecule has 2 aliphatic rings. The second-order valence-electron chi connectivity index (χ2n) is 9.84. The quantitative estimate of drug-likeness (QED) is 0.321. The van der Waals surface area contributed by atoms with Gasteiger partial charge < -0.3 is 20.4 Å². The normalized spacial score (nSPS) is 21.5. The first-order chi connectivity index (χ1) is 19.9. The zero-order valence-electron chi connectivity index (χ0n) is 21.6. The predicted octanol–water partition coefficient (Wildman–Crippen LogP) is 2.16. The molecule has 1 aromatic carbocycles. The highest BCUT2D eigenvalue weighted by molar-refractivity contribution is 7.08. The molecule has 3 aromatic heterocycles. The van der Waals surface area contributed by atoms with Crippen molar-refractivity contribution in [2.24, 2.45) is 10.7 Å². The Hall–Kier alpha value is -4.37. The highest BCUT2D eigenvalue weighted by atomic mass is 32.1. The summed E-state index contributed by atoms with van der Waals surface area (Å²) in [5, 5.41) is 18.5. The van der Waals surface area contributed by atoms with E-state index in [1.54, 1.807) is 35.4 Å². The Balaban J connectivity index is 1.41. The third-order valence-corrected chi connectivity index (χ3v) is 7.99. The lowest BCUT2D eigenvalue weighted by molar-refractivity contribution is -0.139. The summed E-state index contributed by atoms with van der Waals surface area (Å²) in [6.45, 7) is -1.72. The number of carbonyl (C=O) groups excluding carboxylic acids is 2. The predicted molar refractivity (Wildman–Crippen MR) is 144 cm³/mol. The molecule has 6 rings (SSSR count). The minimum Gasteiger partial charge on any atom is -0.439 e. The van der Waals surface area contributed by atoms with E-state index in [4.69, 9.17) is 10.2 Å². The van der Waals surface area contributed by atoms with Gasteiger partial charge >= 0.3 is 6.55 Å². The zero-order valence-corrected chi connectivity index (χ0v) is 22.4. The molecule has 1 saturated heterocycles. The number of amides is 2. The van der Waals surface area contributed by atoms with Crippen molar-refractivity contribution in [1.82, 2.24) is 35.4 Å². The molecule has 12 nitrogen and oxygen atoms in total. The van der Waals surface area contributed by atoms with E-state index in [0.29, 0.717) is 36.3 Å². The molecule has 0 saturated carbocycles. The van der Waals surface area contributed by atoms with Crippen molar-refractivity contribution >= 4 is 40.5 Å². The smallest absolute Gasteiger partial charge is 0.350 e. The van der Waals surface area contributed by atoms with E-state index in [-0.39, 0.29) is 35.3 Å². The molecule has 2 aliphatic heterocycles. The van der Waals surface area contributed by atoms with Gasteiger partial charge in [-0.1, -0.05) is 10.9 Å². The van der Waals surface area contributed by atoms with Crippen molar-refractivity contribution in [2.75, 3.05) is 19.6 Å². The average molecular weight is 582 g/mol. The van der Waals surface area contributed by atoms with Crippen LogP contribution in [0.1, 0.15) is 41.7 Å². The summed E-state index contributed by atoms with van der Waals surface area (Å²) >= 11 is 1.44. The van der Waals surface area contributed by atoms with Gasteiger partial charge in [0.2, 0.25) is 17.7 Å². The van der Waals surface area contributed by atoms with Crippen LogP contribution in [-0.2, 0) is 21.4 Å². The second-order valence-corrected chi connectivity index (χ2v) is 10.6. The molecule has 0 radical (unpaired) electrons. The molecule has 41 heavy (non-hydrogen) atoms. The summed E-state index contributed by atoms with van der Waals surface area (Å²) in [7, 11) is 0. The fraction of sp³-hybridized carbons (Fsp3) is 0.346. The van der Waals surface area contributed by atoms with Gasteiger partial charge in [0.25, 0.3) is 0 Å². The number of alkyl halides is 2. The molecule has 3 atom stereocenters. The van der Waals surface area contributed by atoms with Crippen LogP contribution in [0.2, 0.25) is 0 Å². The average Bonchev–Trinajstić information content (AvgIpc) is 3.75. The van der Waals surface area contributed by atoms with Crippen molar-refractivity contribution in [2.45, 2.75) is 36.8 Å². The van der Waals surface area contributed by atoms with E-state index < -0.39 is 29.8 Å². The number of carbonyl (C=O) groups is 2. The van der Waals surface area contributed by atoms with E-state index in [1.807, 2.05) is 16.8 Å². The van der Waals surface area contributed by atoms with Crippen molar-refractivity contribution in [3.05, 3.63) is 70.1 Å². The Morgan fingerprint density at radius 2 is 2.17 bits per heavy atom. The molecule has 212 valence electrons. The first kappa shape index (κ1) is 26.8. The Morgan fingerprint density at radius 1 is 1.29 bits per heavy atom. The third kappa shape index (κ3) is 5.02. The number of halogens is 2. The van der Waals surface area contributed by atoms with Gasteiger partial charge in [-0.2, -0.15) is 20.1 Å². The number of thiophene rings is 1. The molecule has 15 heteroatoms. The van der Waals surface area contributed by atoms with Gasteiger partial charge in [-0.05, 0) is 51.4 Å². The number of benzene rings is 1. The van der Waals surface area contributed by atoms with E-state index in [2.05, 4.69) is 30.7 Å². The van der Waals surface area contributed by atoms with Crippen LogP contribution in [0.4, 0.5) is 8.78 Å². The fourth-order valence-corrected chi connectivity index (χ4v) is 6.05. The lowest BCUT2D eigenvalue weighted by Crippen LogP contribution is -2.60. The topological polar surface area (TPSA) is 157 Å². The standard InChI is InChI=1S/C26H25F2N9O3S/c27-25(28)37-34-22(33-35-37)21(16-3-10-41-14-16)18-13-31-8-9-36(18)24(39)26(4-6-30-7-5-26)23-32-17-11-15(12-20(29)38)1-2-19(17)40-23/h1-4,6-7,10-11,14,18,21,25,31H,5,8-9,12-13H2,(H2,29,38). The number of aromatic nitrogens is 5. The molecule has 0 bridgehead atoms. The summed E-state index contributed by atoms with van der Waals surface area (Å²) in [6.07, 6.45) is 5.09. The Bertz CT molecular complexity index is 1630. The first-order valence-electron chi connectivity index (χ1n) is 12.8.